The molecule has 0 N–H and O–H groups in total. The fourth-order valence-corrected chi connectivity index (χ4v) is 7.42. The molecule has 12 rings (SSSR count). The normalized spacial score (nSPS) is 9.03. The van der Waals surface area contributed by atoms with Crippen molar-refractivity contribution in [2.45, 2.75) is 0 Å². The van der Waals surface area contributed by atoms with Crippen molar-refractivity contribution in [2.75, 3.05) is 7.11 Å². The van der Waals surface area contributed by atoms with Crippen molar-refractivity contribution in [2.24, 2.45) is 0 Å². The Balaban J connectivity index is 0.000000373. The van der Waals surface area contributed by atoms with Gasteiger partial charge < -0.3 is 34.6 Å². The van der Waals surface area contributed by atoms with E-state index in [9.17, 15) is 13.2 Å². The zero-order valence-electron chi connectivity index (χ0n) is 47.6. The van der Waals surface area contributed by atoms with Crippen LogP contribution in [0.5, 0.6) is 5.75 Å². The molecule has 0 unspecified atom stereocenters. The van der Waals surface area contributed by atoms with Gasteiger partial charge >= 0.3 is 0 Å². The number of halogens is 3. The SMILES string of the molecule is COc1c[c-]c(-c2ccccn2)cc1C#N.N#Cc1c(F)c[c-]c(-c2ccccn2)c1F.N#Cc1cc(-c2ccccn2)[c-]cc1F.N#Cc1cc[c-]c(-c2ccccn2)c1.N#Cc1cc[c-]c(-c2ccccn2)c1.[Ir].[Ir].[Ir].[Ir].[Ir].[c-]1ccccc1-c1ccccn1. The first-order valence-corrected chi connectivity index (χ1v) is 25.9. The second-order valence-electron chi connectivity index (χ2n) is 17.2. The molecule has 0 spiro atoms. The number of ether oxygens (including phenoxy) is 1. The molecule has 0 fully saturated rings. The van der Waals surface area contributed by atoms with Crippen LogP contribution < -0.4 is 4.74 Å². The van der Waals surface area contributed by atoms with Crippen molar-refractivity contribution in [3.63, 3.8) is 0 Å². The summed E-state index contributed by atoms with van der Waals surface area (Å²) >= 11 is 0. The summed E-state index contributed by atoms with van der Waals surface area (Å²) in [4.78, 5) is 24.8. The number of rotatable bonds is 7. The second kappa shape index (κ2) is 43.3. The van der Waals surface area contributed by atoms with Gasteiger partial charge in [-0.2, -0.15) is 26.3 Å². The third kappa shape index (κ3) is 24.0. The zero-order chi connectivity index (χ0) is 61.4. The molecule has 12 nitrogen and oxygen atoms in total. The molecule has 6 aromatic carbocycles. The molecular weight excluding hydrogens is 2050 g/mol. The number of nitriles is 5. The van der Waals surface area contributed by atoms with Crippen LogP contribution in [-0.2, 0) is 101 Å². The molecule has 12 aromatic rings. The Morgan fingerprint density at radius 1 is 0.348 bits per heavy atom. The van der Waals surface area contributed by atoms with Crippen molar-refractivity contribution in [3.8, 4) is 104 Å². The van der Waals surface area contributed by atoms with E-state index in [1.54, 1.807) is 116 Å². The van der Waals surface area contributed by atoms with Gasteiger partial charge in [-0.1, -0.05) is 78.4 Å². The van der Waals surface area contributed by atoms with Gasteiger partial charge in [-0.05, 0) is 81.7 Å². The van der Waals surface area contributed by atoms with E-state index < -0.39 is 23.0 Å². The van der Waals surface area contributed by atoms with E-state index in [1.807, 2.05) is 103 Å². The molecule has 0 aliphatic heterocycles. The fraction of sp³-hybridized carbons (Fsp3) is 0.0139. The summed E-state index contributed by atoms with van der Waals surface area (Å²) in [5, 5.41) is 43.7. The minimum Gasteiger partial charge on any atom is -0.539 e. The third-order valence-corrected chi connectivity index (χ3v) is 11.6. The van der Waals surface area contributed by atoms with Gasteiger partial charge in [0.15, 0.2) is 0 Å². The van der Waals surface area contributed by atoms with Crippen LogP contribution in [-0.4, -0.2) is 37.0 Å². The molecule has 0 saturated heterocycles. The maximum Gasteiger partial charge on any atom is 0.0848 e. The van der Waals surface area contributed by atoms with E-state index in [-0.39, 0.29) is 112 Å². The number of hydrogen-bond acceptors (Lipinski definition) is 12. The van der Waals surface area contributed by atoms with E-state index in [0.717, 1.165) is 57.2 Å². The average Bonchev–Trinajstić information content (AvgIpc) is 1.07. The van der Waals surface area contributed by atoms with Gasteiger partial charge in [0.2, 0.25) is 0 Å². The first-order valence-electron chi connectivity index (χ1n) is 25.9. The molecule has 0 amide bonds. The molecule has 5 radical (unpaired) electrons. The van der Waals surface area contributed by atoms with E-state index in [2.05, 4.69) is 84.5 Å². The molecule has 463 valence electrons. The third-order valence-electron chi connectivity index (χ3n) is 11.6. The number of aromatic nitrogens is 6. The van der Waals surface area contributed by atoms with Gasteiger partial charge in [-0.25, -0.2) is 0 Å². The predicted molar refractivity (Wildman–Crippen MR) is 321 cm³/mol. The topological polar surface area (TPSA) is 206 Å². The van der Waals surface area contributed by atoms with E-state index in [0.29, 0.717) is 39.4 Å². The number of pyridine rings is 6. The Labute approximate surface area is 599 Å². The Bertz CT molecular complexity index is 4250. The van der Waals surface area contributed by atoms with Gasteiger partial charge in [0.25, 0.3) is 0 Å². The first kappa shape index (κ1) is 78.6. The molecular formula is C72H42F3Ir5N11O-6. The van der Waals surface area contributed by atoms with Crippen molar-refractivity contribution in [3.05, 3.63) is 319 Å². The molecule has 20 heteroatoms. The molecule has 0 aliphatic carbocycles. The Hall–Kier alpha value is -9.49. The van der Waals surface area contributed by atoms with Gasteiger partial charge in [0.05, 0.1) is 60.7 Å². The first-order chi connectivity index (χ1) is 42.7. The number of nitrogens with zero attached hydrogens (tertiary/aromatic N) is 11. The number of methoxy groups -OCH3 is 1. The number of benzene rings is 6. The van der Waals surface area contributed by atoms with Crippen LogP contribution in [0.1, 0.15) is 27.8 Å². The van der Waals surface area contributed by atoms with Gasteiger partial charge in [0, 0.05) is 154 Å². The second-order valence-corrected chi connectivity index (χ2v) is 17.2. The Kier molecular flexibility index (Phi) is 37.0. The summed E-state index contributed by atoms with van der Waals surface area (Å²) in [6.45, 7) is 0. The summed E-state index contributed by atoms with van der Waals surface area (Å²) in [5.41, 5.74) is 9.72. The minimum atomic E-state index is -0.929. The summed E-state index contributed by atoms with van der Waals surface area (Å²) in [5.74, 6) is -1.87. The maximum absolute atomic E-state index is 13.7. The van der Waals surface area contributed by atoms with Crippen LogP contribution in [0, 0.1) is 111 Å². The van der Waals surface area contributed by atoms with Gasteiger partial charge in [-0.3, -0.25) is 13.2 Å². The maximum atomic E-state index is 13.7. The standard InChI is InChI=1S/C13H9N2O.C12H5F2N2.C12H6FN2.2C12H7N2.C11H8N.5Ir/c1-16-13-6-5-10(8-11(13)9-14)12-4-2-3-7-15-12;13-10-5-4-8(12(14)9(10)7-15)11-3-1-2-6-16-11;13-11-5-4-9(7-10(11)8-14)12-3-1-2-6-15-12;2*13-9-10-4-3-5-11(8-10)12-6-1-2-7-14-12;1-2-6-10(7-3-1)11-8-4-5-9-12-11;;;;;/h2-4,6-8H,1H3;1-3,5-6H;1-3,5-7H;2*1-4,6-8H;1-6,8-9H;;;;;/q6*-1;;;;;. The number of hydrogen-bond donors (Lipinski definition) is 0. The summed E-state index contributed by atoms with van der Waals surface area (Å²) in [6, 6.07) is 85.3. The molecule has 92 heavy (non-hydrogen) atoms. The minimum absolute atomic E-state index is 0. The van der Waals surface area contributed by atoms with E-state index >= 15 is 0 Å². The monoisotopic (exact) mass is 2100 g/mol. The quantitative estimate of drug-likeness (QED) is 0.137. The van der Waals surface area contributed by atoms with Gasteiger partial charge in [-0.15, -0.1) is 155 Å². The zero-order valence-corrected chi connectivity index (χ0v) is 59.6. The molecule has 0 aliphatic rings. The molecule has 6 aromatic heterocycles. The van der Waals surface area contributed by atoms with Crippen LogP contribution in [0.2, 0.25) is 0 Å². The van der Waals surface area contributed by atoms with Crippen LogP contribution in [0.15, 0.2) is 237 Å². The smallest absolute Gasteiger partial charge is 0.0848 e. The van der Waals surface area contributed by atoms with Crippen molar-refractivity contribution in [1.29, 1.82) is 26.3 Å². The largest absolute Gasteiger partial charge is 0.539 e. The van der Waals surface area contributed by atoms with Crippen LogP contribution >= 0.6 is 0 Å². The molecule has 6 heterocycles. The van der Waals surface area contributed by atoms with E-state index in [1.165, 1.54) is 25.4 Å². The molecule has 0 atom stereocenters. The fourth-order valence-electron chi connectivity index (χ4n) is 7.42. The van der Waals surface area contributed by atoms with Crippen LogP contribution in [0.4, 0.5) is 13.2 Å². The predicted octanol–water partition coefficient (Wildman–Crippen LogP) is 15.1. The summed E-state index contributed by atoms with van der Waals surface area (Å²) in [6.07, 6.45) is 10.1. The van der Waals surface area contributed by atoms with Crippen molar-refractivity contribution >= 4 is 0 Å². The van der Waals surface area contributed by atoms with Crippen molar-refractivity contribution < 1.29 is 118 Å². The van der Waals surface area contributed by atoms with E-state index in [4.69, 9.17) is 31.0 Å². The Morgan fingerprint density at radius 3 is 1.09 bits per heavy atom. The molecule has 0 bridgehead atoms. The van der Waals surface area contributed by atoms with Gasteiger partial charge in [0.1, 0.15) is 0 Å². The molecule has 0 saturated carbocycles. The van der Waals surface area contributed by atoms with Crippen LogP contribution in [0.3, 0.4) is 0 Å². The Morgan fingerprint density at radius 2 is 0.717 bits per heavy atom. The summed E-state index contributed by atoms with van der Waals surface area (Å²) < 4.78 is 44.8. The van der Waals surface area contributed by atoms with Crippen molar-refractivity contribution in [1.82, 2.24) is 29.9 Å². The van der Waals surface area contributed by atoms with Crippen LogP contribution in [0.25, 0.3) is 67.5 Å². The average molecular weight is 2100 g/mol. The summed E-state index contributed by atoms with van der Waals surface area (Å²) in [7, 11) is 1.53.